The van der Waals surface area contributed by atoms with Crippen molar-refractivity contribution in [1.82, 2.24) is 0 Å². The Morgan fingerprint density at radius 2 is 1.10 bits per heavy atom. The van der Waals surface area contributed by atoms with E-state index in [1.165, 1.54) is 37.8 Å². The van der Waals surface area contributed by atoms with Crippen molar-refractivity contribution in [2.45, 2.75) is 209 Å². The van der Waals surface area contributed by atoms with Crippen LogP contribution < -0.4 is 0 Å². The van der Waals surface area contributed by atoms with Crippen molar-refractivity contribution >= 4 is 11.8 Å². The predicted octanol–water partition coefficient (Wildman–Crippen LogP) is 5.04. The van der Waals surface area contributed by atoms with E-state index in [4.69, 9.17) is 11.5 Å². The van der Waals surface area contributed by atoms with E-state index in [0.29, 0.717) is 63.6 Å². The highest BCUT2D eigenvalue weighted by Gasteiger charge is 2.13. The van der Waals surface area contributed by atoms with Crippen LogP contribution in [0.2, 0.25) is 0 Å². The summed E-state index contributed by atoms with van der Waals surface area (Å²) < 4.78 is 0. The fourth-order valence-electron chi connectivity index (χ4n) is 6.02. The average molecular weight is 813 g/mol. The molecule has 0 spiro atoms. The van der Waals surface area contributed by atoms with Gasteiger partial charge < -0.3 is 46.0 Å². The summed E-state index contributed by atoms with van der Waals surface area (Å²) in [5.74, 6) is 15.3. The van der Waals surface area contributed by atoms with Gasteiger partial charge in [-0.3, -0.25) is 4.79 Å². The molecular weight excluding hydrogens is 741 g/mol. The number of aliphatic carboxylic acids is 1. The number of hydrogen-bond donors (Lipinski definition) is 9. The van der Waals surface area contributed by atoms with Crippen LogP contribution in [0, 0.1) is 47.9 Å². The molecule has 0 saturated heterocycles. The molecule has 8 atom stereocenters. The second-order valence-electron chi connectivity index (χ2n) is 15.0. The number of aliphatic hydroxyl groups is 8. The third kappa shape index (κ3) is 36.9. The van der Waals surface area contributed by atoms with E-state index in [0.717, 1.165) is 70.6 Å². The summed E-state index contributed by atoms with van der Waals surface area (Å²) >= 11 is 0. The number of rotatable bonds is 33. The van der Waals surface area contributed by atoms with E-state index < -0.39 is 54.8 Å². The highest BCUT2D eigenvalue weighted by Crippen LogP contribution is 2.15. The van der Waals surface area contributed by atoms with Crippen LogP contribution in [0.15, 0.2) is 24.3 Å². The number of carbonyl (C=O) groups is 2. The van der Waals surface area contributed by atoms with Crippen molar-refractivity contribution in [3.05, 3.63) is 24.3 Å². The predicted molar refractivity (Wildman–Crippen MR) is 227 cm³/mol. The third-order valence-electron chi connectivity index (χ3n) is 9.50. The average Bonchev–Trinajstić information content (AvgIpc) is 3.19. The quantitative estimate of drug-likeness (QED) is 0.0243. The number of carboxylic acids is 1. The lowest BCUT2D eigenvalue weighted by Gasteiger charge is -2.12. The Hall–Kier alpha value is -3.46. The number of aliphatic hydroxyl groups excluding tert-OH is 8. The summed E-state index contributed by atoms with van der Waals surface area (Å²) in [5.41, 5.74) is 0. The van der Waals surface area contributed by atoms with E-state index in [-0.39, 0.29) is 6.42 Å². The molecule has 0 heterocycles. The first kappa shape index (κ1) is 54.5. The molecule has 0 aromatic carbocycles. The van der Waals surface area contributed by atoms with Crippen LogP contribution in [0.25, 0.3) is 0 Å². The molecule has 0 bridgehead atoms. The first-order valence-corrected chi connectivity index (χ1v) is 21.3. The summed E-state index contributed by atoms with van der Waals surface area (Å²) in [6.07, 6.45) is 23.8. The molecule has 0 rings (SSSR count). The third-order valence-corrected chi connectivity index (χ3v) is 9.50. The summed E-state index contributed by atoms with van der Waals surface area (Å²) in [5, 5.41) is 87.2. The SMILES string of the molecule is C#C[C@@H](O)/C=C/[C@H](O)CCC[C@@H](O)CC#C[C@H](O)C#C[C@@H](O)CCC[C@@H](O)/C=C/CCCCCC(=O)CCCCCCCCCCCCC[C@H](O)[C@H](O)C#CC(=O)O. The zero-order chi connectivity index (χ0) is 43.2. The Labute approximate surface area is 348 Å². The molecule has 0 radical (unpaired) electrons. The Balaban J connectivity index is 3.77. The van der Waals surface area contributed by atoms with Gasteiger partial charge in [-0.05, 0) is 76.7 Å². The molecule has 0 aliphatic rings. The number of allylic oxidation sites excluding steroid dienone is 1. The molecule has 0 aromatic heterocycles. The van der Waals surface area contributed by atoms with Crippen molar-refractivity contribution in [1.29, 1.82) is 0 Å². The Morgan fingerprint density at radius 1 is 0.552 bits per heavy atom. The normalized spacial score (nSPS) is 15.4. The lowest BCUT2D eigenvalue weighted by Crippen LogP contribution is -2.24. The van der Waals surface area contributed by atoms with Crippen molar-refractivity contribution in [2.75, 3.05) is 0 Å². The number of carboxylic acid groups (broad SMARTS) is 1. The molecule has 326 valence electrons. The summed E-state index contributed by atoms with van der Waals surface area (Å²) in [7, 11) is 0. The monoisotopic (exact) mass is 813 g/mol. The maximum absolute atomic E-state index is 12.2. The maximum Gasteiger partial charge on any atom is 0.381 e. The molecule has 0 aliphatic heterocycles. The lowest BCUT2D eigenvalue weighted by atomic mass is 10.0. The van der Waals surface area contributed by atoms with Crippen molar-refractivity contribution in [3.8, 4) is 47.9 Å². The van der Waals surface area contributed by atoms with E-state index >= 15 is 0 Å². The summed E-state index contributed by atoms with van der Waals surface area (Å²) in [6.45, 7) is 0. The van der Waals surface area contributed by atoms with Crippen LogP contribution in [0.4, 0.5) is 0 Å². The van der Waals surface area contributed by atoms with Gasteiger partial charge in [0.05, 0.1) is 24.4 Å². The van der Waals surface area contributed by atoms with Gasteiger partial charge >= 0.3 is 5.97 Å². The number of hydrogen-bond acceptors (Lipinski definition) is 10. The van der Waals surface area contributed by atoms with Crippen LogP contribution in [0.3, 0.4) is 0 Å². The largest absolute Gasteiger partial charge is 0.472 e. The first-order chi connectivity index (χ1) is 27.8. The van der Waals surface area contributed by atoms with E-state index in [9.17, 15) is 50.4 Å². The van der Waals surface area contributed by atoms with Gasteiger partial charge in [0.15, 0.2) is 6.10 Å². The van der Waals surface area contributed by atoms with Gasteiger partial charge in [-0.15, -0.1) is 6.42 Å². The van der Waals surface area contributed by atoms with Crippen LogP contribution >= 0.6 is 0 Å². The first-order valence-electron chi connectivity index (χ1n) is 21.3. The zero-order valence-electron chi connectivity index (χ0n) is 34.5. The summed E-state index contributed by atoms with van der Waals surface area (Å²) in [6, 6.07) is 0. The van der Waals surface area contributed by atoms with Gasteiger partial charge in [0.1, 0.15) is 24.1 Å². The van der Waals surface area contributed by atoms with Gasteiger partial charge in [0.2, 0.25) is 0 Å². The van der Waals surface area contributed by atoms with E-state index in [1.807, 2.05) is 12.0 Å². The lowest BCUT2D eigenvalue weighted by molar-refractivity contribution is -0.130. The number of unbranched alkanes of at least 4 members (excludes halogenated alkanes) is 13. The second-order valence-corrected chi connectivity index (χ2v) is 15.0. The van der Waals surface area contributed by atoms with Gasteiger partial charge in [-0.1, -0.05) is 124 Å². The molecule has 0 amide bonds. The molecule has 0 unspecified atom stereocenters. The zero-order valence-corrected chi connectivity index (χ0v) is 34.5. The minimum atomic E-state index is -1.32. The molecule has 0 fully saturated rings. The Kier molecular flexibility index (Phi) is 35.5. The molecule has 9 N–H and O–H groups in total. The van der Waals surface area contributed by atoms with Crippen molar-refractivity contribution in [3.63, 3.8) is 0 Å². The second kappa shape index (κ2) is 37.8. The van der Waals surface area contributed by atoms with E-state index in [2.05, 4.69) is 35.5 Å². The highest BCUT2D eigenvalue weighted by molar-refractivity contribution is 5.86. The van der Waals surface area contributed by atoms with Crippen LogP contribution in [0.5, 0.6) is 0 Å². The topological polar surface area (TPSA) is 216 Å². The van der Waals surface area contributed by atoms with E-state index in [1.54, 1.807) is 6.08 Å². The smallest absolute Gasteiger partial charge is 0.381 e. The Morgan fingerprint density at radius 3 is 1.71 bits per heavy atom. The minimum absolute atomic E-state index is 0.131. The number of carbonyl (C=O) groups excluding carboxylic acids is 1. The maximum atomic E-state index is 12.2. The molecular formula is C47H72O11. The Bertz CT molecular complexity index is 1370. The van der Waals surface area contributed by atoms with Gasteiger partial charge in [-0.2, -0.15) is 0 Å². The van der Waals surface area contributed by atoms with Crippen LogP contribution in [0.1, 0.15) is 161 Å². The number of terminal acetylenes is 1. The molecule has 11 nitrogen and oxygen atoms in total. The highest BCUT2D eigenvalue weighted by atomic mass is 16.4. The fourth-order valence-corrected chi connectivity index (χ4v) is 6.02. The number of ketones is 1. The fraction of sp³-hybridized carbons (Fsp3) is 0.702. The number of Topliss-reactive ketones (excluding diaryl/α,β-unsaturated/α-hetero) is 1. The molecule has 0 aliphatic carbocycles. The molecule has 58 heavy (non-hydrogen) atoms. The van der Waals surface area contributed by atoms with Crippen molar-refractivity contribution < 1.29 is 55.5 Å². The van der Waals surface area contributed by atoms with Gasteiger partial charge in [-0.25, -0.2) is 4.79 Å². The standard InChI is InChI=1S/C47H72O11/c1-2-38(48)32-33-42(52)28-20-26-41(51)27-21-30-44(54)35-34-43(53)29-19-25-40(50)24-17-13-10-12-16-23-39(49)22-15-11-8-6-4-3-5-7-9-14-18-31-45(55)46(56)36-37-47(57)58/h1,17,24,32-33,38,40-46,48,50-56H,3-16,18-20,22-23,25-29,31H2,(H,57,58)/b24-17+,33-32+/t38-,40+,41-,42-,43+,44+,45+,46-/m1/s1. The molecule has 11 heteroatoms. The van der Waals surface area contributed by atoms with Crippen LogP contribution in [-0.2, 0) is 9.59 Å². The molecule has 0 aromatic rings. The van der Waals surface area contributed by atoms with Gasteiger partial charge in [0, 0.05) is 25.2 Å². The molecule has 0 saturated carbocycles. The van der Waals surface area contributed by atoms with Crippen molar-refractivity contribution in [2.24, 2.45) is 0 Å². The van der Waals surface area contributed by atoms with Crippen LogP contribution in [-0.4, -0.2) is 107 Å². The van der Waals surface area contributed by atoms with Gasteiger partial charge in [0.25, 0.3) is 0 Å². The summed E-state index contributed by atoms with van der Waals surface area (Å²) in [4.78, 5) is 22.6. The minimum Gasteiger partial charge on any atom is -0.472 e.